The molecule has 0 heterocycles. The number of hydrogen-bond acceptors (Lipinski definition) is 0. The molecule has 0 bridgehead atoms. The van der Waals surface area contributed by atoms with Crippen LogP contribution in [0.3, 0.4) is 0 Å². The van der Waals surface area contributed by atoms with E-state index in [-0.39, 0.29) is 0 Å². The van der Waals surface area contributed by atoms with Crippen LogP contribution < -0.4 is 0 Å². The maximum absolute atomic E-state index is 4.32. The third-order valence-electron chi connectivity index (χ3n) is 7.83. The summed E-state index contributed by atoms with van der Waals surface area (Å²) < 4.78 is 0. The minimum absolute atomic E-state index is 0.564. The SMILES string of the molecule is C=C1CC[C@H](C)C/C1=C/C=C1\CCC[C@]2(C)[C@@H]([C@@H](C)CC)CC[C@@H]12. The zero-order chi connectivity index (χ0) is 17.3. The van der Waals surface area contributed by atoms with E-state index in [0.29, 0.717) is 5.41 Å². The molecule has 3 aliphatic rings. The van der Waals surface area contributed by atoms with E-state index in [1.54, 1.807) is 5.57 Å². The molecule has 0 radical (unpaired) electrons. The lowest BCUT2D eigenvalue weighted by atomic mass is 9.61. The van der Waals surface area contributed by atoms with Crippen LogP contribution in [0.4, 0.5) is 0 Å². The summed E-state index contributed by atoms with van der Waals surface area (Å²) in [5.74, 6) is 3.50. The van der Waals surface area contributed by atoms with E-state index in [1.165, 1.54) is 68.9 Å². The first kappa shape index (κ1) is 18.0. The summed E-state index contributed by atoms with van der Waals surface area (Å²) in [4.78, 5) is 0. The van der Waals surface area contributed by atoms with Gasteiger partial charge in [-0.05, 0) is 86.0 Å². The average molecular weight is 327 g/mol. The van der Waals surface area contributed by atoms with Crippen LogP contribution in [0.15, 0.2) is 35.5 Å². The molecule has 0 aromatic carbocycles. The van der Waals surface area contributed by atoms with E-state index in [2.05, 4.69) is 46.4 Å². The minimum atomic E-state index is 0.564. The highest BCUT2D eigenvalue weighted by molar-refractivity contribution is 5.35. The highest BCUT2D eigenvalue weighted by Crippen LogP contribution is 2.59. The van der Waals surface area contributed by atoms with Crippen molar-refractivity contribution in [3.8, 4) is 0 Å². The normalized spacial score (nSPS) is 41.7. The third-order valence-corrected chi connectivity index (χ3v) is 7.83. The lowest BCUT2D eigenvalue weighted by molar-refractivity contribution is 0.0961. The maximum Gasteiger partial charge on any atom is -0.0143 e. The van der Waals surface area contributed by atoms with Gasteiger partial charge in [-0.25, -0.2) is 0 Å². The summed E-state index contributed by atoms with van der Waals surface area (Å²) in [6.45, 7) is 14.2. The van der Waals surface area contributed by atoms with Gasteiger partial charge in [-0.1, -0.05) is 64.0 Å². The monoisotopic (exact) mass is 326 g/mol. The Bertz CT molecular complexity index is 534. The smallest absolute Gasteiger partial charge is 0.0143 e. The van der Waals surface area contributed by atoms with Crippen LogP contribution in [0, 0.1) is 29.1 Å². The topological polar surface area (TPSA) is 0 Å². The molecule has 0 aromatic rings. The summed E-state index contributed by atoms with van der Waals surface area (Å²) in [7, 11) is 0. The van der Waals surface area contributed by atoms with Crippen molar-refractivity contribution in [2.24, 2.45) is 29.1 Å². The first-order valence-electron chi connectivity index (χ1n) is 10.5. The highest BCUT2D eigenvalue weighted by Gasteiger charge is 2.50. The zero-order valence-electron chi connectivity index (χ0n) is 16.5. The van der Waals surface area contributed by atoms with Crippen molar-refractivity contribution in [2.75, 3.05) is 0 Å². The van der Waals surface area contributed by atoms with Crippen LogP contribution in [0.2, 0.25) is 0 Å². The van der Waals surface area contributed by atoms with Crippen molar-refractivity contribution in [2.45, 2.75) is 85.5 Å². The quantitative estimate of drug-likeness (QED) is 0.504. The van der Waals surface area contributed by atoms with Gasteiger partial charge in [0.2, 0.25) is 0 Å². The van der Waals surface area contributed by atoms with E-state index in [4.69, 9.17) is 0 Å². The molecular weight excluding hydrogens is 288 g/mol. The Labute approximate surface area is 150 Å². The fourth-order valence-electron chi connectivity index (χ4n) is 6.10. The molecular formula is C24H38. The van der Waals surface area contributed by atoms with Gasteiger partial charge in [0.1, 0.15) is 0 Å². The van der Waals surface area contributed by atoms with Gasteiger partial charge in [0.15, 0.2) is 0 Å². The van der Waals surface area contributed by atoms with Crippen molar-refractivity contribution in [3.05, 3.63) is 35.5 Å². The van der Waals surface area contributed by atoms with Gasteiger partial charge in [0, 0.05) is 0 Å². The second kappa shape index (κ2) is 7.22. The van der Waals surface area contributed by atoms with Crippen LogP contribution in [-0.4, -0.2) is 0 Å². The van der Waals surface area contributed by atoms with Crippen molar-refractivity contribution in [1.29, 1.82) is 0 Å². The van der Waals surface area contributed by atoms with E-state index >= 15 is 0 Å². The molecule has 0 spiro atoms. The predicted octanol–water partition coefficient (Wildman–Crippen LogP) is 7.48. The first-order chi connectivity index (χ1) is 11.5. The molecule has 24 heavy (non-hydrogen) atoms. The average Bonchev–Trinajstić information content (AvgIpc) is 2.92. The van der Waals surface area contributed by atoms with E-state index in [9.17, 15) is 0 Å². The third kappa shape index (κ3) is 3.31. The molecule has 5 atom stereocenters. The van der Waals surface area contributed by atoms with Crippen LogP contribution in [-0.2, 0) is 0 Å². The van der Waals surface area contributed by atoms with Crippen LogP contribution in [0.25, 0.3) is 0 Å². The number of allylic oxidation sites excluding steroid dienone is 5. The second-order valence-electron chi connectivity index (χ2n) is 9.37. The van der Waals surface area contributed by atoms with Gasteiger partial charge in [-0.15, -0.1) is 0 Å². The van der Waals surface area contributed by atoms with Crippen LogP contribution >= 0.6 is 0 Å². The molecule has 0 saturated heterocycles. The highest BCUT2D eigenvalue weighted by atomic mass is 14.5. The van der Waals surface area contributed by atoms with E-state index < -0.39 is 0 Å². The Morgan fingerprint density at radius 1 is 1.21 bits per heavy atom. The summed E-state index contributed by atoms with van der Waals surface area (Å²) in [5, 5.41) is 0. The molecule has 3 fully saturated rings. The predicted molar refractivity (Wildman–Crippen MR) is 106 cm³/mol. The fraction of sp³-hybridized carbons (Fsp3) is 0.750. The number of fused-ring (bicyclic) bond motifs is 1. The lowest BCUT2D eigenvalue weighted by Crippen LogP contribution is -2.35. The van der Waals surface area contributed by atoms with E-state index in [0.717, 1.165) is 23.7 Å². The Balaban J connectivity index is 1.81. The van der Waals surface area contributed by atoms with Crippen molar-refractivity contribution in [1.82, 2.24) is 0 Å². The molecule has 0 aromatic heterocycles. The Hall–Kier alpha value is -0.780. The Morgan fingerprint density at radius 2 is 2.00 bits per heavy atom. The van der Waals surface area contributed by atoms with Gasteiger partial charge in [-0.3, -0.25) is 0 Å². The molecule has 0 unspecified atom stereocenters. The molecule has 0 aliphatic heterocycles. The maximum atomic E-state index is 4.32. The second-order valence-corrected chi connectivity index (χ2v) is 9.37. The summed E-state index contributed by atoms with van der Waals surface area (Å²) >= 11 is 0. The van der Waals surface area contributed by atoms with Gasteiger partial charge < -0.3 is 0 Å². The van der Waals surface area contributed by atoms with E-state index in [1.807, 2.05) is 0 Å². The largest absolute Gasteiger partial charge is 0.0956 e. The molecule has 0 nitrogen and oxygen atoms in total. The Kier molecular flexibility index (Phi) is 5.42. The molecule has 0 heteroatoms. The molecule has 0 amide bonds. The molecule has 3 rings (SSSR count). The van der Waals surface area contributed by atoms with Gasteiger partial charge in [0.05, 0.1) is 0 Å². The fourth-order valence-corrected chi connectivity index (χ4v) is 6.10. The molecule has 3 saturated carbocycles. The summed E-state index contributed by atoms with van der Waals surface area (Å²) in [6, 6.07) is 0. The standard InChI is InChI=1S/C24H38/c1-6-18(3)22-13-14-23-20(8-7-15-24(22,23)5)11-12-21-16-17(2)9-10-19(21)4/h11-12,17-18,22-23H,4,6-10,13-16H2,1-3,5H3/b20-11+,21-12-/t17-,18-,22+,23-,24+/m0/s1. The molecule has 3 aliphatic carbocycles. The first-order valence-corrected chi connectivity index (χ1v) is 10.5. The molecule has 0 N–H and O–H groups in total. The van der Waals surface area contributed by atoms with Gasteiger partial charge in [0.25, 0.3) is 0 Å². The van der Waals surface area contributed by atoms with Crippen molar-refractivity contribution in [3.63, 3.8) is 0 Å². The van der Waals surface area contributed by atoms with Gasteiger partial charge in [-0.2, -0.15) is 0 Å². The lowest BCUT2D eigenvalue weighted by Gasteiger charge is -2.44. The van der Waals surface area contributed by atoms with Gasteiger partial charge >= 0.3 is 0 Å². The van der Waals surface area contributed by atoms with Crippen molar-refractivity contribution >= 4 is 0 Å². The minimum Gasteiger partial charge on any atom is -0.0956 e. The zero-order valence-corrected chi connectivity index (χ0v) is 16.5. The number of rotatable bonds is 3. The van der Waals surface area contributed by atoms with Crippen LogP contribution in [0.5, 0.6) is 0 Å². The summed E-state index contributed by atoms with van der Waals surface area (Å²) in [5.41, 5.74) is 5.25. The summed E-state index contributed by atoms with van der Waals surface area (Å²) in [6.07, 6.45) is 17.1. The molecule has 134 valence electrons. The van der Waals surface area contributed by atoms with Crippen LogP contribution in [0.1, 0.15) is 85.5 Å². The van der Waals surface area contributed by atoms with Crippen molar-refractivity contribution < 1.29 is 0 Å². The number of hydrogen-bond donors (Lipinski definition) is 0. The Morgan fingerprint density at radius 3 is 2.75 bits per heavy atom.